The third-order valence-electron chi connectivity index (χ3n) is 3.37. The molecule has 0 saturated carbocycles. The van der Waals surface area contributed by atoms with E-state index in [2.05, 4.69) is 20.6 Å². The Kier molecular flexibility index (Phi) is 8.44. The van der Waals surface area contributed by atoms with Crippen LogP contribution in [0, 0.1) is 0 Å². The van der Waals surface area contributed by atoms with Crippen molar-refractivity contribution < 1.29 is 19.5 Å². The van der Waals surface area contributed by atoms with Crippen molar-refractivity contribution in [1.82, 2.24) is 20.6 Å². The Morgan fingerprint density at radius 3 is 2.50 bits per heavy atom. The Balaban J connectivity index is 2.70. The number of hydrogen-bond donors (Lipinski definition) is 6. The van der Waals surface area contributed by atoms with Gasteiger partial charge in [0.1, 0.15) is 12.1 Å². The molecule has 1 heterocycles. The van der Waals surface area contributed by atoms with Crippen LogP contribution in [0.1, 0.15) is 25.0 Å². The van der Waals surface area contributed by atoms with Gasteiger partial charge in [-0.15, -0.1) is 0 Å². The summed E-state index contributed by atoms with van der Waals surface area (Å²) in [5, 5.41) is 14.2. The van der Waals surface area contributed by atoms with Gasteiger partial charge in [0.05, 0.1) is 18.6 Å². The molecular formula is C14H24N6O4. The highest BCUT2D eigenvalue weighted by Gasteiger charge is 2.26. The summed E-state index contributed by atoms with van der Waals surface area (Å²) in [4.78, 5) is 41.8. The van der Waals surface area contributed by atoms with Crippen molar-refractivity contribution in [2.75, 3.05) is 13.1 Å². The van der Waals surface area contributed by atoms with Crippen molar-refractivity contribution in [3.8, 4) is 0 Å². The van der Waals surface area contributed by atoms with Gasteiger partial charge in [0.15, 0.2) is 0 Å². The summed E-state index contributed by atoms with van der Waals surface area (Å²) < 4.78 is 0. The second kappa shape index (κ2) is 10.3. The molecule has 1 rings (SSSR count). The summed E-state index contributed by atoms with van der Waals surface area (Å²) in [5.41, 5.74) is 11.2. The number of aliphatic carboxylic acids is 1. The van der Waals surface area contributed by atoms with Gasteiger partial charge in [0.25, 0.3) is 0 Å². The molecule has 2 atom stereocenters. The predicted molar refractivity (Wildman–Crippen MR) is 85.7 cm³/mol. The van der Waals surface area contributed by atoms with E-state index in [1.807, 2.05) is 0 Å². The van der Waals surface area contributed by atoms with Gasteiger partial charge in [0, 0.05) is 12.6 Å². The lowest BCUT2D eigenvalue weighted by Gasteiger charge is -2.21. The molecule has 134 valence electrons. The number of carboxylic acids is 1. The van der Waals surface area contributed by atoms with Crippen molar-refractivity contribution in [3.05, 3.63) is 18.2 Å². The zero-order chi connectivity index (χ0) is 17.9. The summed E-state index contributed by atoms with van der Waals surface area (Å²) >= 11 is 0. The first-order valence-corrected chi connectivity index (χ1v) is 7.68. The van der Waals surface area contributed by atoms with Crippen molar-refractivity contribution in [2.45, 2.75) is 37.8 Å². The topological polar surface area (TPSA) is 176 Å². The number of aromatic nitrogens is 2. The van der Waals surface area contributed by atoms with E-state index in [0.29, 0.717) is 31.5 Å². The number of hydrogen-bond acceptors (Lipinski definition) is 6. The molecular weight excluding hydrogens is 316 g/mol. The lowest BCUT2D eigenvalue weighted by atomic mass is 10.1. The van der Waals surface area contributed by atoms with E-state index in [9.17, 15) is 19.5 Å². The molecule has 0 aromatic carbocycles. The lowest BCUT2D eigenvalue weighted by molar-refractivity contribution is -0.142. The van der Waals surface area contributed by atoms with Crippen molar-refractivity contribution in [2.24, 2.45) is 11.5 Å². The molecule has 0 aliphatic carbocycles. The van der Waals surface area contributed by atoms with Crippen LogP contribution in [0.3, 0.4) is 0 Å². The van der Waals surface area contributed by atoms with Gasteiger partial charge < -0.3 is 32.2 Å². The second-order valence-electron chi connectivity index (χ2n) is 5.27. The first-order valence-electron chi connectivity index (χ1n) is 7.68. The van der Waals surface area contributed by atoms with Crippen LogP contribution < -0.4 is 22.1 Å². The maximum Gasteiger partial charge on any atom is 0.326 e. The molecule has 0 bridgehead atoms. The van der Waals surface area contributed by atoms with E-state index < -0.39 is 29.9 Å². The van der Waals surface area contributed by atoms with Gasteiger partial charge in [-0.2, -0.15) is 0 Å². The van der Waals surface area contributed by atoms with Gasteiger partial charge >= 0.3 is 5.97 Å². The molecule has 10 heteroatoms. The van der Waals surface area contributed by atoms with Crippen LogP contribution in [-0.4, -0.2) is 58.0 Å². The van der Waals surface area contributed by atoms with Crippen LogP contribution in [0.2, 0.25) is 0 Å². The molecule has 2 amide bonds. The SMILES string of the molecule is NCCCC[C@@H](NC(=O)CN)C(=O)N[C@@H](Cc1c[nH]cn1)C(=O)O. The Morgan fingerprint density at radius 2 is 1.96 bits per heavy atom. The predicted octanol–water partition coefficient (Wildman–Crippen LogP) is -1.91. The molecule has 0 unspecified atom stereocenters. The maximum absolute atomic E-state index is 12.3. The standard InChI is InChI=1S/C14H24N6O4/c15-4-2-1-3-10(19-12(21)6-16)13(22)20-11(14(23)24)5-9-7-17-8-18-9/h7-8,10-11H,1-6,15-16H2,(H,17,18)(H,19,21)(H,20,22)(H,23,24)/t10-,11+/m1/s1. The van der Waals surface area contributed by atoms with Gasteiger partial charge in [-0.1, -0.05) is 0 Å². The third kappa shape index (κ3) is 6.75. The number of imidazole rings is 1. The fourth-order valence-electron chi connectivity index (χ4n) is 2.10. The molecule has 0 fully saturated rings. The summed E-state index contributed by atoms with van der Waals surface area (Å²) in [7, 11) is 0. The van der Waals surface area contributed by atoms with Gasteiger partial charge in [-0.05, 0) is 25.8 Å². The number of nitrogens with two attached hydrogens (primary N) is 2. The lowest BCUT2D eigenvalue weighted by Crippen LogP contribution is -2.53. The second-order valence-corrected chi connectivity index (χ2v) is 5.27. The number of aromatic amines is 1. The monoisotopic (exact) mass is 340 g/mol. The Bertz CT molecular complexity index is 533. The highest BCUT2D eigenvalue weighted by molar-refractivity contribution is 5.90. The van der Waals surface area contributed by atoms with Crippen molar-refractivity contribution >= 4 is 17.8 Å². The number of carbonyl (C=O) groups excluding carboxylic acids is 2. The summed E-state index contributed by atoms with van der Waals surface area (Å²) in [6.45, 7) is 0.215. The van der Waals surface area contributed by atoms with E-state index in [4.69, 9.17) is 11.5 Å². The number of carbonyl (C=O) groups is 3. The summed E-state index contributed by atoms with van der Waals surface area (Å²) in [6, 6.07) is -2.00. The number of unbranched alkanes of at least 4 members (excludes halogenated alkanes) is 1. The highest BCUT2D eigenvalue weighted by atomic mass is 16.4. The van der Waals surface area contributed by atoms with Crippen LogP contribution in [0.25, 0.3) is 0 Å². The third-order valence-corrected chi connectivity index (χ3v) is 3.37. The molecule has 10 nitrogen and oxygen atoms in total. The van der Waals surface area contributed by atoms with E-state index in [1.54, 1.807) is 6.20 Å². The smallest absolute Gasteiger partial charge is 0.326 e. The van der Waals surface area contributed by atoms with Crippen molar-refractivity contribution in [1.29, 1.82) is 0 Å². The number of carboxylic acid groups (broad SMARTS) is 1. The summed E-state index contributed by atoms with van der Waals surface area (Å²) in [5.74, 6) is -2.24. The first-order chi connectivity index (χ1) is 11.5. The Labute approximate surface area is 139 Å². The Morgan fingerprint density at radius 1 is 1.21 bits per heavy atom. The minimum Gasteiger partial charge on any atom is -0.480 e. The molecule has 24 heavy (non-hydrogen) atoms. The van der Waals surface area contributed by atoms with E-state index in [-0.39, 0.29) is 13.0 Å². The molecule has 8 N–H and O–H groups in total. The first kappa shape index (κ1) is 19.6. The van der Waals surface area contributed by atoms with E-state index in [0.717, 1.165) is 0 Å². The van der Waals surface area contributed by atoms with Crippen LogP contribution in [0.15, 0.2) is 12.5 Å². The zero-order valence-corrected chi connectivity index (χ0v) is 13.3. The number of nitrogens with zero attached hydrogens (tertiary/aromatic N) is 1. The molecule has 0 aliphatic rings. The quantitative estimate of drug-likeness (QED) is 0.255. The van der Waals surface area contributed by atoms with Crippen LogP contribution in [0.5, 0.6) is 0 Å². The molecule has 0 radical (unpaired) electrons. The molecule has 1 aromatic heterocycles. The van der Waals surface area contributed by atoms with E-state index >= 15 is 0 Å². The van der Waals surface area contributed by atoms with Crippen LogP contribution in [-0.2, 0) is 20.8 Å². The number of nitrogens with one attached hydrogen (secondary N) is 3. The largest absolute Gasteiger partial charge is 0.480 e. The normalized spacial score (nSPS) is 13.1. The number of amides is 2. The molecule has 0 saturated heterocycles. The molecule has 0 spiro atoms. The maximum atomic E-state index is 12.3. The highest BCUT2D eigenvalue weighted by Crippen LogP contribution is 2.04. The van der Waals surface area contributed by atoms with Crippen LogP contribution in [0.4, 0.5) is 0 Å². The summed E-state index contributed by atoms with van der Waals surface area (Å²) in [6.07, 6.45) is 4.67. The zero-order valence-electron chi connectivity index (χ0n) is 13.3. The fourth-order valence-corrected chi connectivity index (χ4v) is 2.10. The van der Waals surface area contributed by atoms with Gasteiger partial charge in [-0.3, -0.25) is 9.59 Å². The Hall–Kier alpha value is -2.46. The molecule has 1 aromatic rings. The minimum absolute atomic E-state index is 0.0327. The van der Waals surface area contributed by atoms with E-state index in [1.165, 1.54) is 6.33 Å². The molecule has 0 aliphatic heterocycles. The average molecular weight is 340 g/mol. The average Bonchev–Trinajstić information content (AvgIpc) is 3.06. The van der Waals surface area contributed by atoms with Gasteiger partial charge in [-0.25, -0.2) is 9.78 Å². The minimum atomic E-state index is -1.18. The van der Waals surface area contributed by atoms with Crippen LogP contribution >= 0.6 is 0 Å². The number of rotatable bonds is 11. The fraction of sp³-hybridized carbons (Fsp3) is 0.571. The van der Waals surface area contributed by atoms with Gasteiger partial charge in [0.2, 0.25) is 11.8 Å². The van der Waals surface area contributed by atoms with Crippen molar-refractivity contribution in [3.63, 3.8) is 0 Å². The number of H-pyrrole nitrogens is 1.